The fraction of sp³-hybridized carbons (Fsp3) is 0.167. The van der Waals surface area contributed by atoms with Crippen molar-refractivity contribution in [2.24, 2.45) is 0 Å². The summed E-state index contributed by atoms with van der Waals surface area (Å²) < 4.78 is 0. The Morgan fingerprint density at radius 3 is 2.46 bits per heavy atom. The van der Waals surface area contributed by atoms with E-state index in [1.54, 1.807) is 43.3 Å². The zero-order chi connectivity index (χ0) is 18.9. The number of nitrogens with one attached hydrogen (secondary N) is 2. The van der Waals surface area contributed by atoms with Crippen molar-refractivity contribution in [2.45, 2.75) is 12.5 Å². The third-order valence-corrected chi connectivity index (χ3v) is 4.87. The zero-order valence-electron chi connectivity index (χ0n) is 13.8. The first-order chi connectivity index (χ1) is 12.3. The molecule has 1 heterocycles. The number of imide groups is 1. The summed E-state index contributed by atoms with van der Waals surface area (Å²) in [6.45, 7) is 1.17. The standard InChI is InChI=1S/C18H15Cl2N3O3/c1-18(11-7-8-13(19)14(20)9-11)16(25)23(17(26)22-18)10-15(24)21-12-5-3-2-4-6-12/h2-9H,10H2,1H3,(H,21,24)(H,22,26). The van der Waals surface area contributed by atoms with Crippen LogP contribution in [0, 0.1) is 0 Å². The molecule has 1 aliphatic rings. The Morgan fingerprint density at radius 1 is 1.12 bits per heavy atom. The van der Waals surface area contributed by atoms with Gasteiger partial charge in [-0.15, -0.1) is 0 Å². The van der Waals surface area contributed by atoms with Crippen molar-refractivity contribution < 1.29 is 14.4 Å². The van der Waals surface area contributed by atoms with Crippen LogP contribution < -0.4 is 10.6 Å². The van der Waals surface area contributed by atoms with Crippen LogP contribution in [-0.4, -0.2) is 29.3 Å². The third kappa shape index (κ3) is 3.38. The minimum absolute atomic E-state index is 0.271. The van der Waals surface area contributed by atoms with Gasteiger partial charge in [-0.3, -0.25) is 14.5 Å². The maximum atomic E-state index is 12.8. The number of para-hydroxylation sites is 1. The second kappa shape index (κ2) is 6.97. The first-order valence-corrected chi connectivity index (χ1v) is 8.51. The normalized spacial score (nSPS) is 19.4. The Bertz CT molecular complexity index is 889. The van der Waals surface area contributed by atoms with Gasteiger partial charge in [-0.05, 0) is 36.8 Å². The van der Waals surface area contributed by atoms with Crippen LogP contribution in [0.4, 0.5) is 10.5 Å². The Hall–Kier alpha value is -2.57. The van der Waals surface area contributed by atoms with Gasteiger partial charge in [-0.25, -0.2) is 4.79 Å². The Kier molecular flexibility index (Phi) is 4.89. The van der Waals surface area contributed by atoms with Gasteiger partial charge in [0.25, 0.3) is 5.91 Å². The van der Waals surface area contributed by atoms with Gasteiger partial charge >= 0.3 is 6.03 Å². The fourth-order valence-corrected chi connectivity index (χ4v) is 3.01. The lowest BCUT2D eigenvalue weighted by atomic mass is 9.92. The van der Waals surface area contributed by atoms with Gasteiger partial charge in [-0.1, -0.05) is 47.5 Å². The molecule has 1 unspecified atom stereocenters. The van der Waals surface area contributed by atoms with Gasteiger partial charge in [0.15, 0.2) is 0 Å². The summed E-state index contributed by atoms with van der Waals surface area (Å²) in [6, 6.07) is 12.8. The smallest absolute Gasteiger partial charge is 0.325 e. The number of anilines is 1. The molecule has 0 saturated carbocycles. The molecule has 2 aromatic carbocycles. The number of carbonyl (C=O) groups is 3. The molecule has 0 aliphatic carbocycles. The molecule has 2 N–H and O–H groups in total. The van der Waals surface area contributed by atoms with E-state index in [0.29, 0.717) is 16.3 Å². The Morgan fingerprint density at radius 2 is 1.81 bits per heavy atom. The number of hydrogen-bond donors (Lipinski definition) is 2. The maximum Gasteiger partial charge on any atom is 0.325 e. The molecule has 8 heteroatoms. The molecule has 1 atom stereocenters. The van der Waals surface area contributed by atoms with Gasteiger partial charge < -0.3 is 10.6 Å². The van der Waals surface area contributed by atoms with E-state index in [-0.39, 0.29) is 5.02 Å². The van der Waals surface area contributed by atoms with Crippen molar-refractivity contribution >= 4 is 46.7 Å². The summed E-state index contributed by atoms with van der Waals surface area (Å²) in [5, 5.41) is 5.87. The number of nitrogens with zero attached hydrogens (tertiary/aromatic N) is 1. The molecule has 4 amide bonds. The topological polar surface area (TPSA) is 78.5 Å². The van der Waals surface area contributed by atoms with E-state index in [0.717, 1.165) is 4.90 Å². The van der Waals surface area contributed by atoms with Crippen molar-refractivity contribution in [3.8, 4) is 0 Å². The summed E-state index contributed by atoms with van der Waals surface area (Å²) in [7, 11) is 0. The summed E-state index contributed by atoms with van der Waals surface area (Å²) in [4.78, 5) is 38.1. The van der Waals surface area contributed by atoms with Crippen LogP contribution in [0.2, 0.25) is 10.0 Å². The predicted octanol–water partition coefficient (Wildman–Crippen LogP) is 3.40. The molecule has 1 saturated heterocycles. The Balaban J connectivity index is 1.78. The van der Waals surface area contributed by atoms with Crippen molar-refractivity contribution in [1.82, 2.24) is 10.2 Å². The highest BCUT2D eigenvalue weighted by Crippen LogP contribution is 2.32. The summed E-state index contributed by atoms with van der Waals surface area (Å²) in [6.07, 6.45) is 0. The van der Waals surface area contributed by atoms with Crippen molar-refractivity contribution in [1.29, 1.82) is 0 Å². The third-order valence-electron chi connectivity index (χ3n) is 4.13. The summed E-state index contributed by atoms with van der Waals surface area (Å²) >= 11 is 11.9. The summed E-state index contributed by atoms with van der Waals surface area (Å²) in [5.41, 5.74) is -0.258. The minimum atomic E-state index is -1.32. The van der Waals surface area contributed by atoms with Gasteiger partial charge in [0.1, 0.15) is 12.1 Å². The molecule has 0 aromatic heterocycles. The molecule has 3 rings (SSSR count). The SMILES string of the molecule is CC1(c2ccc(Cl)c(Cl)c2)NC(=O)N(CC(=O)Nc2ccccc2)C1=O. The lowest BCUT2D eigenvalue weighted by molar-refractivity contribution is -0.133. The van der Waals surface area contributed by atoms with E-state index in [1.165, 1.54) is 6.07 Å². The van der Waals surface area contributed by atoms with E-state index in [2.05, 4.69) is 10.6 Å². The number of halogens is 2. The van der Waals surface area contributed by atoms with Crippen LogP contribution >= 0.6 is 23.2 Å². The highest BCUT2D eigenvalue weighted by Gasteiger charge is 2.49. The van der Waals surface area contributed by atoms with Crippen LogP contribution in [0.3, 0.4) is 0 Å². The molecule has 1 fully saturated rings. The maximum absolute atomic E-state index is 12.8. The molecule has 2 aromatic rings. The van der Waals surface area contributed by atoms with E-state index in [4.69, 9.17) is 23.2 Å². The molecule has 134 valence electrons. The number of rotatable bonds is 4. The molecule has 0 spiro atoms. The van der Waals surface area contributed by atoms with Crippen molar-refractivity contribution in [3.05, 3.63) is 64.1 Å². The van der Waals surface area contributed by atoms with Gasteiger partial charge in [0, 0.05) is 5.69 Å². The molecule has 6 nitrogen and oxygen atoms in total. The summed E-state index contributed by atoms with van der Waals surface area (Å²) in [5.74, 6) is -1.01. The number of benzene rings is 2. The average molecular weight is 392 g/mol. The molecule has 1 aliphatic heterocycles. The van der Waals surface area contributed by atoms with Crippen LogP contribution in [0.1, 0.15) is 12.5 Å². The van der Waals surface area contributed by atoms with Gasteiger partial charge in [0.2, 0.25) is 5.91 Å². The van der Waals surface area contributed by atoms with E-state index in [9.17, 15) is 14.4 Å². The second-order valence-corrected chi connectivity index (χ2v) is 6.80. The Labute approximate surface area is 160 Å². The van der Waals surface area contributed by atoms with Crippen LogP contribution in [0.15, 0.2) is 48.5 Å². The monoisotopic (exact) mass is 391 g/mol. The average Bonchev–Trinajstić information content (AvgIpc) is 2.82. The molecular formula is C18H15Cl2N3O3. The first kappa shape index (κ1) is 18.2. The predicted molar refractivity (Wildman–Crippen MR) is 99.1 cm³/mol. The number of amides is 4. The fourth-order valence-electron chi connectivity index (χ4n) is 2.71. The lowest BCUT2D eigenvalue weighted by Gasteiger charge is -2.22. The number of hydrogen-bond acceptors (Lipinski definition) is 3. The number of urea groups is 1. The van der Waals surface area contributed by atoms with Gasteiger partial charge in [-0.2, -0.15) is 0 Å². The van der Waals surface area contributed by atoms with Gasteiger partial charge in [0.05, 0.1) is 10.0 Å². The number of carbonyl (C=O) groups excluding carboxylic acids is 3. The minimum Gasteiger partial charge on any atom is -0.325 e. The second-order valence-electron chi connectivity index (χ2n) is 5.99. The van der Waals surface area contributed by atoms with Crippen molar-refractivity contribution in [3.63, 3.8) is 0 Å². The zero-order valence-corrected chi connectivity index (χ0v) is 15.3. The molecule has 0 bridgehead atoms. The van der Waals surface area contributed by atoms with E-state index in [1.807, 2.05) is 6.07 Å². The lowest BCUT2D eigenvalue weighted by Crippen LogP contribution is -2.42. The van der Waals surface area contributed by atoms with Crippen LogP contribution in [0.25, 0.3) is 0 Å². The van der Waals surface area contributed by atoms with Crippen molar-refractivity contribution in [2.75, 3.05) is 11.9 Å². The molecular weight excluding hydrogens is 377 g/mol. The highest BCUT2D eigenvalue weighted by atomic mass is 35.5. The molecule has 26 heavy (non-hydrogen) atoms. The van der Waals surface area contributed by atoms with E-state index < -0.39 is 29.9 Å². The van der Waals surface area contributed by atoms with Crippen LogP contribution in [-0.2, 0) is 15.1 Å². The van der Waals surface area contributed by atoms with Crippen LogP contribution in [0.5, 0.6) is 0 Å². The van der Waals surface area contributed by atoms with E-state index >= 15 is 0 Å². The quantitative estimate of drug-likeness (QED) is 0.783. The largest absolute Gasteiger partial charge is 0.325 e. The first-order valence-electron chi connectivity index (χ1n) is 7.76. The molecule has 0 radical (unpaired) electrons. The highest BCUT2D eigenvalue weighted by molar-refractivity contribution is 6.42.